The zero-order valence-corrected chi connectivity index (χ0v) is 10.2. The van der Waals surface area contributed by atoms with Crippen LogP contribution < -0.4 is 5.73 Å². The predicted octanol–water partition coefficient (Wildman–Crippen LogP) is 2.80. The molecule has 0 spiro atoms. The smallest absolute Gasteiger partial charge is 0.133 e. The Bertz CT molecular complexity index is 337. The Morgan fingerprint density at radius 2 is 2.40 bits per heavy atom. The summed E-state index contributed by atoms with van der Waals surface area (Å²) in [7, 11) is 0. The van der Waals surface area contributed by atoms with Gasteiger partial charge in [-0.25, -0.2) is 4.98 Å². The van der Waals surface area contributed by atoms with Gasteiger partial charge in [-0.15, -0.1) is 0 Å². The van der Waals surface area contributed by atoms with E-state index in [1.165, 1.54) is 24.3 Å². The maximum absolute atomic E-state index is 6.05. The van der Waals surface area contributed by atoms with Crippen molar-refractivity contribution in [2.24, 2.45) is 5.73 Å². The molecule has 1 atom stereocenters. The van der Waals surface area contributed by atoms with E-state index in [1.54, 1.807) is 0 Å². The molecule has 82 valence electrons. The Balaban J connectivity index is 2.17. The topological polar surface area (TPSA) is 38.9 Å². The zero-order chi connectivity index (χ0) is 10.7. The van der Waals surface area contributed by atoms with E-state index in [0.717, 1.165) is 11.3 Å². The van der Waals surface area contributed by atoms with Crippen molar-refractivity contribution in [2.75, 3.05) is 11.5 Å². The van der Waals surface area contributed by atoms with Crippen molar-refractivity contribution < 1.29 is 0 Å². The third kappa shape index (κ3) is 2.65. The van der Waals surface area contributed by atoms with Crippen LogP contribution in [0, 0.1) is 0 Å². The molecule has 0 radical (unpaired) electrons. The van der Waals surface area contributed by atoms with E-state index < -0.39 is 0 Å². The van der Waals surface area contributed by atoms with E-state index in [2.05, 4.69) is 11.1 Å². The first-order chi connectivity index (χ1) is 7.31. The second kappa shape index (κ2) is 5.19. The molecule has 0 saturated carbocycles. The highest BCUT2D eigenvalue weighted by Gasteiger charge is 2.17. The number of halogens is 1. The minimum absolute atomic E-state index is 0.464. The van der Waals surface area contributed by atoms with E-state index in [9.17, 15) is 0 Å². The summed E-state index contributed by atoms with van der Waals surface area (Å²) in [6, 6.07) is 4.08. The van der Waals surface area contributed by atoms with Gasteiger partial charge in [-0.1, -0.05) is 17.7 Å². The summed E-state index contributed by atoms with van der Waals surface area (Å²) in [5.74, 6) is 3.03. The Hall–Kier alpha value is -0.250. The molecule has 2 heterocycles. The van der Waals surface area contributed by atoms with E-state index in [-0.39, 0.29) is 0 Å². The van der Waals surface area contributed by atoms with Gasteiger partial charge in [-0.3, -0.25) is 0 Å². The SMILES string of the molecule is NCc1ccc(C2CCCSC2)nc1Cl. The summed E-state index contributed by atoms with van der Waals surface area (Å²) in [5.41, 5.74) is 7.61. The molecular weight excluding hydrogens is 228 g/mol. The Labute approximate surface area is 99.6 Å². The molecule has 2 nitrogen and oxygen atoms in total. The Morgan fingerprint density at radius 1 is 1.53 bits per heavy atom. The van der Waals surface area contributed by atoms with Crippen LogP contribution in [0.1, 0.15) is 30.0 Å². The lowest BCUT2D eigenvalue weighted by atomic mass is 10.0. The number of rotatable bonds is 2. The first-order valence-corrected chi connectivity index (χ1v) is 6.77. The molecule has 1 aliphatic heterocycles. The molecule has 1 aromatic heterocycles. The number of aromatic nitrogens is 1. The normalized spacial score (nSPS) is 21.6. The average molecular weight is 243 g/mol. The molecule has 0 aromatic carbocycles. The standard InChI is InChI=1S/C11H15ClN2S/c12-11-8(6-13)3-4-10(14-11)9-2-1-5-15-7-9/h3-4,9H,1-2,5-7,13H2. The Morgan fingerprint density at radius 3 is 3.00 bits per heavy atom. The fourth-order valence-corrected chi connectivity index (χ4v) is 3.23. The fraction of sp³-hybridized carbons (Fsp3) is 0.545. The number of pyridine rings is 1. The molecular formula is C11H15ClN2S. The summed E-state index contributed by atoms with van der Waals surface area (Å²) in [4.78, 5) is 4.44. The molecule has 1 aromatic rings. The van der Waals surface area contributed by atoms with Crippen molar-refractivity contribution in [1.82, 2.24) is 4.98 Å². The van der Waals surface area contributed by atoms with Gasteiger partial charge in [0.05, 0.1) is 0 Å². The van der Waals surface area contributed by atoms with E-state index >= 15 is 0 Å². The van der Waals surface area contributed by atoms with Gasteiger partial charge in [-0.2, -0.15) is 11.8 Å². The lowest BCUT2D eigenvalue weighted by Gasteiger charge is -2.21. The van der Waals surface area contributed by atoms with E-state index in [0.29, 0.717) is 17.6 Å². The van der Waals surface area contributed by atoms with Gasteiger partial charge < -0.3 is 5.73 Å². The second-order valence-electron chi connectivity index (χ2n) is 3.80. The third-order valence-electron chi connectivity index (χ3n) is 2.75. The molecule has 0 aliphatic carbocycles. The monoisotopic (exact) mass is 242 g/mol. The molecule has 0 amide bonds. The van der Waals surface area contributed by atoms with Crippen molar-refractivity contribution in [1.29, 1.82) is 0 Å². The van der Waals surface area contributed by atoms with Gasteiger partial charge in [0, 0.05) is 29.5 Å². The second-order valence-corrected chi connectivity index (χ2v) is 5.31. The van der Waals surface area contributed by atoms with Crippen LogP contribution in [-0.4, -0.2) is 16.5 Å². The molecule has 1 aliphatic rings. The van der Waals surface area contributed by atoms with Crippen molar-refractivity contribution in [3.63, 3.8) is 0 Å². The molecule has 1 unspecified atom stereocenters. The number of nitrogens with two attached hydrogens (primary N) is 1. The number of hydrogen-bond donors (Lipinski definition) is 1. The van der Waals surface area contributed by atoms with Crippen LogP contribution in [0.3, 0.4) is 0 Å². The number of thioether (sulfide) groups is 1. The van der Waals surface area contributed by atoms with Crippen LogP contribution in [0.5, 0.6) is 0 Å². The van der Waals surface area contributed by atoms with Crippen LogP contribution in [0.2, 0.25) is 5.15 Å². The van der Waals surface area contributed by atoms with Gasteiger partial charge in [0.1, 0.15) is 5.15 Å². The average Bonchev–Trinajstić information content (AvgIpc) is 2.30. The summed E-state index contributed by atoms with van der Waals surface area (Å²) in [5, 5.41) is 0.575. The molecule has 2 N–H and O–H groups in total. The molecule has 1 fully saturated rings. The lowest BCUT2D eigenvalue weighted by molar-refractivity contribution is 0.642. The highest BCUT2D eigenvalue weighted by atomic mass is 35.5. The third-order valence-corrected chi connectivity index (χ3v) is 4.29. The largest absolute Gasteiger partial charge is 0.326 e. The van der Waals surface area contributed by atoms with Crippen LogP contribution in [0.15, 0.2) is 12.1 Å². The molecule has 1 saturated heterocycles. The van der Waals surface area contributed by atoms with Crippen molar-refractivity contribution in [2.45, 2.75) is 25.3 Å². The minimum Gasteiger partial charge on any atom is -0.326 e. The minimum atomic E-state index is 0.464. The first kappa shape index (κ1) is 11.2. The molecule has 15 heavy (non-hydrogen) atoms. The quantitative estimate of drug-likeness (QED) is 0.811. The van der Waals surface area contributed by atoms with Gasteiger partial charge in [0.15, 0.2) is 0 Å². The van der Waals surface area contributed by atoms with Gasteiger partial charge >= 0.3 is 0 Å². The van der Waals surface area contributed by atoms with Gasteiger partial charge in [-0.05, 0) is 24.7 Å². The van der Waals surface area contributed by atoms with E-state index in [4.69, 9.17) is 17.3 Å². The first-order valence-electron chi connectivity index (χ1n) is 5.24. The van der Waals surface area contributed by atoms with Crippen molar-refractivity contribution in [3.8, 4) is 0 Å². The predicted molar refractivity (Wildman–Crippen MR) is 66.4 cm³/mol. The fourth-order valence-electron chi connectivity index (χ4n) is 1.83. The van der Waals surface area contributed by atoms with Crippen molar-refractivity contribution >= 4 is 23.4 Å². The van der Waals surface area contributed by atoms with Crippen LogP contribution in [0.4, 0.5) is 0 Å². The van der Waals surface area contributed by atoms with Crippen LogP contribution in [0.25, 0.3) is 0 Å². The van der Waals surface area contributed by atoms with Crippen molar-refractivity contribution in [3.05, 3.63) is 28.5 Å². The summed E-state index contributed by atoms with van der Waals surface area (Å²) in [6.45, 7) is 0.464. The van der Waals surface area contributed by atoms with Crippen LogP contribution >= 0.6 is 23.4 Å². The van der Waals surface area contributed by atoms with Gasteiger partial charge in [0.2, 0.25) is 0 Å². The Kier molecular flexibility index (Phi) is 3.89. The van der Waals surface area contributed by atoms with Crippen LogP contribution in [-0.2, 0) is 6.54 Å². The maximum Gasteiger partial charge on any atom is 0.133 e. The number of nitrogens with zero attached hydrogens (tertiary/aromatic N) is 1. The highest BCUT2D eigenvalue weighted by molar-refractivity contribution is 7.99. The summed E-state index contributed by atoms with van der Waals surface area (Å²) < 4.78 is 0. The molecule has 4 heteroatoms. The number of hydrogen-bond acceptors (Lipinski definition) is 3. The van der Waals surface area contributed by atoms with E-state index in [1.807, 2.05) is 17.8 Å². The molecule has 0 bridgehead atoms. The maximum atomic E-state index is 6.05. The summed E-state index contributed by atoms with van der Waals surface area (Å²) >= 11 is 8.06. The lowest BCUT2D eigenvalue weighted by Crippen LogP contribution is -2.11. The summed E-state index contributed by atoms with van der Waals surface area (Å²) in [6.07, 6.45) is 2.52. The zero-order valence-electron chi connectivity index (χ0n) is 8.58. The van der Waals surface area contributed by atoms with Gasteiger partial charge in [0.25, 0.3) is 0 Å². The highest BCUT2D eigenvalue weighted by Crippen LogP contribution is 2.31. The molecule has 2 rings (SSSR count).